The third-order valence-corrected chi connectivity index (χ3v) is 6.10. The van der Waals surface area contributed by atoms with Crippen molar-refractivity contribution in [3.05, 3.63) is 104 Å². The Morgan fingerprint density at radius 3 is 2.30 bits per heavy atom. The van der Waals surface area contributed by atoms with Crippen LogP contribution in [0.1, 0.15) is 16.8 Å². The van der Waals surface area contributed by atoms with Gasteiger partial charge >= 0.3 is 11.9 Å². The van der Waals surface area contributed by atoms with Crippen LogP contribution < -0.4 is 11.2 Å². The van der Waals surface area contributed by atoms with E-state index in [9.17, 15) is 22.8 Å². The van der Waals surface area contributed by atoms with Crippen molar-refractivity contribution in [3.8, 4) is 22.3 Å². The molecule has 0 aliphatic heterocycles. The van der Waals surface area contributed by atoms with E-state index >= 15 is 0 Å². The molecule has 0 atom stereocenters. The molecule has 8 nitrogen and oxygen atoms in total. The molecule has 4 aromatic heterocycles. The molecule has 0 saturated carbocycles. The average molecular weight is 527 g/mol. The van der Waals surface area contributed by atoms with Crippen molar-refractivity contribution in [1.29, 1.82) is 0 Å². The number of halogens is 4. The second-order valence-electron chi connectivity index (χ2n) is 8.46. The Balaban J connectivity index is 1.76. The molecule has 12 heteroatoms. The van der Waals surface area contributed by atoms with Crippen molar-refractivity contribution in [2.24, 2.45) is 7.05 Å². The fourth-order valence-electron chi connectivity index (χ4n) is 4.11. The summed E-state index contributed by atoms with van der Waals surface area (Å²) in [7, 11) is 1.44. The lowest BCUT2D eigenvalue weighted by Gasteiger charge is -2.13. The predicted octanol–water partition coefficient (Wildman–Crippen LogP) is 4.35. The summed E-state index contributed by atoms with van der Waals surface area (Å²) in [5.41, 5.74) is 1.04. The first-order valence-electron chi connectivity index (χ1n) is 11.0. The predicted molar refractivity (Wildman–Crippen MR) is 131 cm³/mol. The van der Waals surface area contributed by atoms with E-state index in [2.05, 4.69) is 15.1 Å². The first kappa shape index (κ1) is 24.4. The van der Waals surface area contributed by atoms with Crippen LogP contribution in [0.15, 0.2) is 70.6 Å². The van der Waals surface area contributed by atoms with Crippen LogP contribution in [0, 0.1) is 6.92 Å². The van der Waals surface area contributed by atoms with Gasteiger partial charge in [-0.2, -0.15) is 17.7 Å². The van der Waals surface area contributed by atoms with Crippen molar-refractivity contribution in [2.45, 2.75) is 19.6 Å². The van der Waals surface area contributed by atoms with Crippen molar-refractivity contribution in [2.75, 3.05) is 0 Å². The second kappa shape index (κ2) is 9.00. The van der Waals surface area contributed by atoms with Crippen LogP contribution in [-0.2, 0) is 19.8 Å². The van der Waals surface area contributed by atoms with Crippen molar-refractivity contribution < 1.29 is 13.2 Å². The minimum absolute atomic E-state index is 0.151. The fraction of sp³-hybridized carbons (Fsp3) is 0.160. The van der Waals surface area contributed by atoms with Crippen LogP contribution in [0.5, 0.6) is 0 Å². The number of aryl methyl sites for hydroxylation is 2. The first-order valence-corrected chi connectivity index (χ1v) is 11.4. The van der Waals surface area contributed by atoms with Crippen LogP contribution >= 0.6 is 11.6 Å². The Bertz CT molecular complexity index is 1750. The number of pyridine rings is 2. The smallest absolute Gasteiger partial charge is 0.267 e. The van der Waals surface area contributed by atoms with Crippen molar-refractivity contribution in [1.82, 2.24) is 28.9 Å². The van der Waals surface area contributed by atoms with Gasteiger partial charge in [0.1, 0.15) is 5.69 Å². The summed E-state index contributed by atoms with van der Waals surface area (Å²) < 4.78 is 42.0. The monoisotopic (exact) mass is 526 g/mol. The number of hydrogen-bond donors (Lipinski definition) is 0. The van der Waals surface area contributed by atoms with E-state index in [1.165, 1.54) is 13.1 Å². The summed E-state index contributed by atoms with van der Waals surface area (Å²) in [4.78, 5) is 34.6. The van der Waals surface area contributed by atoms with Crippen LogP contribution in [0.3, 0.4) is 0 Å². The summed E-state index contributed by atoms with van der Waals surface area (Å²) >= 11 is 6.06. The van der Waals surface area contributed by atoms with Gasteiger partial charge in [-0.15, -0.1) is 5.10 Å². The average Bonchev–Trinajstić information content (AvgIpc) is 3.17. The summed E-state index contributed by atoms with van der Waals surface area (Å²) in [6, 6.07) is 10.6. The maximum absolute atomic E-state index is 13.6. The zero-order valence-electron chi connectivity index (χ0n) is 19.5. The Hall–Kier alpha value is -4.25. The van der Waals surface area contributed by atoms with Gasteiger partial charge in [-0.25, -0.2) is 14.2 Å². The van der Waals surface area contributed by atoms with E-state index in [1.807, 2.05) is 13.0 Å². The minimum atomic E-state index is -4.58. The highest BCUT2D eigenvalue weighted by Gasteiger charge is 2.32. The van der Waals surface area contributed by atoms with Gasteiger partial charge in [0, 0.05) is 41.8 Å². The molecule has 0 aliphatic carbocycles. The van der Waals surface area contributed by atoms with Gasteiger partial charge in [0.2, 0.25) is 0 Å². The molecule has 4 heterocycles. The first-order chi connectivity index (χ1) is 17.5. The van der Waals surface area contributed by atoms with E-state index in [-0.39, 0.29) is 12.2 Å². The molecule has 0 radical (unpaired) electrons. The molecule has 0 spiro atoms. The number of nitrogens with zero attached hydrogens (tertiary/aromatic N) is 6. The number of benzene rings is 1. The van der Waals surface area contributed by atoms with Crippen LogP contribution in [0.4, 0.5) is 13.2 Å². The highest BCUT2D eigenvalue weighted by molar-refractivity contribution is 6.30. The Labute approximate surface area is 212 Å². The highest BCUT2D eigenvalue weighted by Crippen LogP contribution is 2.33. The lowest BCUT2D eigenvalue weighted by atomic mass is 9.97. The van der Waals surface area contributed by atoms with Crippen LogP contribution in [0.25, 0.3) is 27.9 Å². The van der Waals surface area contributed by atoms with Gasteiger partial charge in [-0.05, 0) is 47.9 Å². The van der Waals surface area contributed by atoms with E-state index in [0.29, 0.717) is 32.8 Å². The molecule has 5 aromatic rings. The second-order valence-corrected chi connectivity index (χ2v) is 8.90. The van der Waals surface area contributed by atoms with Crippen LogP contribution in [0.2, 0.25) is 5.02 Å². The van der Waals surface area contributed by atoms with E-state index in [0.717, 1.165) is 31.7 Å². The number of aromatic nitrogens is 6. The quantitative estimate of drug-likeness (QED) is 0.347. The minimum Gasteiger partial charge on any atom is -0.267 e. The summed E-state index contributed by atoms with van der Waals surface area (Å²) in [5, 5.41) is 4.99. The standard InChI is InChI=1S/C25H18ClF3N6O2/c1-14-9-17(12-30-10-14)20-21(16-4-6-18(26)7-5-16)23(36)33(2)35-22(20)32-34(24(35)37)13-15-3-8-19(31-11-15)25(27,28)29/h3-12H,13H2,1-2H3. The number of rotatable bonds is 4. The largest absolute Gasteiger partial charge is 0.433 e. The summed E-state index contributed by atoms with van der Waals surface area (Å²) in [5.74, 6) is 0. The molecule has 0 unspecified atom stereocenters. The van der Waals surface area contributed by atoms with Crippen LogP contribution in [-0.4, -0.2) is 28.9 Å². The third kappa shape index (κ3) is 4.42. The van der Waals surface area contributed by atoms with Gasteiger partial charge in [-0.3, -0.25) is 14.8 Å². The maximum Gasteiger partial charge on any atom is 0.433 e. The molecular weight excluding hydrogens is 509 g/mol. The summed E-state index contributed by atoms with van der Waals surface area (Å²) in [6.07, 6.45) is -0.301. The zero-order valence-corrected chi connectivity index (χ0v) is 20.2. The molecule has 0 amide bonds. The van der Waals surface area contributed by atoms with Gasteiger partial charge in [0.05, 0.1) is 12.1 Å². The number of fused-ring (bicyclic) bond motifs is 1. The normalized spacial score (nSPS) is 11.8. The van der Waals surface area contributed by atoms with Gasteiger partial charge in [0.15, 0.2) is 5.65 Å². The van der Waals surface area contributed by atoms with E-state index in [1.54, 1.807) is 36.7 Å². The highest BCUT2D eigenvalue weighted by atomic mass is 35.5. The molecule has 5 rings (SSSR count). The van der Waals surface area contributed by atoms with Gasteiger partial charge < -0.3 is 0 Å². The molecule has 0 saturated heterocycles. The van der Waals surface area contributed by atoms with E-state index < -0.39 is 23.1 Å². The third-order valence-electron chi connectivity index (χ3n) is 5.84. The molecule has 37 heavy (non-hydrogen) atoms. The number of alkyl halides is 3. The SMILES string of the molecule is Cc1cncc(-c2c(-c3ccc(Cl)cc3)c(=O)n(C)n3c(=O)n(Cc4ccc(C(F)(F)F)nc4)nc23)c1. The Morgan fingerprint density at radius 1 is 0.946 bits per heavy atom. The lowest BCUT2D eigenvalue weighted by molar-refractivity contribution is -0.141. The molecule has 1 aromatic carbocycles. The molecule has 0 N–H and O–H groups in total. The summed E-state index contributed by atoms with van der Waals surface area (Å²) in [6.45, 7) is 1.70. The molecule has 0 fully saturated rings. The van der Waals surface area contributed by atoms with Crippen molar-refractivity contribution in [3.63, 3.8) is 0 Å². The topological polar surface area (TPSA) is 87.1 Å². The van der Waals surface area contributed by atoms with Crippen molar-refractivity contribution >= 4 is 17.2 Å². The molecule has 188 valence electrons. The Morgan fingerprint density at radius 2 is 1.68 bits per heavy atom. The van der Waals surface area contributed by atoms with Gasteiger partial charge in [-0.1, -0.05) is 29.8 Å². The van der Waals surface area contributed by atoms with E-state index in [4.69, 9.17) is 11.6 Å². The lowest BCUT2D eigenvalue weighted by Crippen LogP contribution is -2.33. The van der Waals surface area contributed by atoms with Gasteiger partial charge in [0.25, 0.3) is 5.56 Å². The molecule has 0 bridgehead atoms. The fourth-order valence-corrected chi connectivity index (χ4v) is 4.23. The molecule has 0 aliphatic rings. The number of hydrogen-bond acceptors (Lipinski definition) is 5. The maximum atomic E-state index is 13.6. The Kier molecular flexibility index (Phi) is 5.95. The molecular formula is C25H18ClF3N6O2. The zero-order chi connectivity index (χ0) is 26.5.